The minimum atomic E-state index is 0.529. The van der Waals surface area contributed by atoms with Crippen LogP contribution in [0.15, 0.2) is 18.2 Å². The molecule has 0 amide bonds. The SMILES string of the molecule is CCCOc1cc(NCC2CN(C)CCN2C)ccc1N. The lowest BCUT2D eigenvalue weighted by Gasteiger charge is -2.37. The summed E-state index contributed by atoms with van der Waals surface area (Å²) in [6.07, 6.45) is 0.982. The summed E-state index contributed by atoms with van der Waals surface area (Å²) in [4.78, 5) is 4.80. The molecule has 0 radical (unpaired) electrons. The number of nitrogens with one attached hydrogen (secondary N) is 1. The first-order valence-corrected chi connectivity index (χ1v) is 7.75. The van der Waals surface area contributed by atoms with Gasteiger partial charge in [0.05, 0.1) is 12.3 Å². The van der Waals surface area contributed by atoms with Gasteiger partial charge in [-0.25, -0.2) is 0 Å². The lowest BCUT2D eigenvalue weighted by atomic mass is 10.1. The van der Waals surface area contributed by atoms with Gasteiger partial charge in [-0.2, -0.15) is 0 Å². The predicted molar refractivity (Wildman–Crippen MR) is 89.0 cm³/mol. The van der Waals surface area contributed by atoms with Gasteiger partial charge < -0.3 is 20.7 Å². The van der Waals surface area contributed by atoms with E-state index < -0.39 is 0 Å². The van der Waals surface area contributed by atoms with Gasteiger partial charge in [0.2, 0.25) is 0 Å². The number of nitrogen functional groups attached to an aromatic ring is 1. The van der Waals surface area contributed by atoms with Crippen LogP contribution >= 0.6 is 0 Å². The number of nitrogens with two attached hydrogens (primary N) is 1. The van der Waals surface area contributed by atoms with Crippen molar-refractivity contribution >= 4 is 11.4 Å². The Morgan fingerprint density at radius 3 is 2.90 bits per heavy atom. The van der Waals surface area contributed by atoms with Gasteiger partial charge in [-0.05, 0) is 32.6 Å². The fourth-order valence-corrected chi connectivity index (χ4v) is 2.54. The number of likely N-dealkylation sites (N-methyl/N-ethyl adjacent to an activating group) is 2. The second-order valence-electron chi connectivity index (χ2n) is 5.88. The lowest BCUT2D eigenvalue weighted by Crippen LogP contribution is -2.52. The van der Waals surface area contributed by atoms with E-state index in [1.54, 1.807) is 0 Å². The molecule has 5 nitrogen and oxygen atoms in total. The molecule has 21 heavy (non-hydrogen) atoms. The molecule has 1 aliphatic rings. The third kappa shape index (κ3) is 4.51. The molecule has 2 rings (SSSR count). The highest BCUT2D eigenvalue weighted by molar-refractivity contribution is 5.61. The molecule has 1 aromatic rings. The summed E-state index contributed by atoms with van der Waals surface area (Å²) in [5, 5.41) is 3.51. The third-order valence-corrected chi connectivity index (χ3v) is 4.00. The van der Waals surface area contributed by atoms with Crippen LogP contribution in [0.2, 0.25) is 0 Å². The Morgan fingerprint density at radius 1 is 1.33 bits per heavy atom. The van der Waals surface area contributed by atoms with Crippen molar-refractivity contribution in [3.8, 4) is 5.75 Å². The van der Waals surface area contributed by atoms with Crippen LogP contribution in [0.25, 0.3) is 0 Å². The minimum Gasteiger partial charge on any atom is -0.491 e. The number of hydrogen-bond donors (Lipinski definition) is 2. The molecule has 1 fully saturated rings. The predicted octanol–water partition coefficient (Wildman–Crippen LogP) is 1.72. The molecule has 0 aliphatic carbocycles. The first kappa shape index (κ1) is 15.9. The number of benzene rings is 1. The molecular weight excluding hydrogens is 264 g/mol. The number of ether oxygens (including phenoxy) is 1. The highest BCUT2D eigenvalue weighted by atomic mass is 16.5. The largest absolute Gasteiger partial charge is 0.491 e. The van der Waals surface area contributed by atoms with Gasteiger partial charge in [0, 0.05) is 44.0 Å². The topological polar surface area (TPSA) is 53.8 Å². The Morgan fingerprint density at radius 2 is 2.14 bits per heavy atom. The van der Waals surface area contributed by atoms with Gasteiger partial charge in [-0.15, -0.1) is 0 Å². The molecule has 1 aliphatic heterocycles. The summed E-state index contributed by atoms with van der Waals surface area (Å²) in [5.74, 6) is 0.774. The molecule has 0 saturated carbocycles. The maximum Gasteiger partial charge on any atom is 0.144 e. The zero-order chi connectivity index (χ0) is 15.2. The molecule has 0 spiro atoms. The molecule has 1 atom stereocenters. The summed E-state index contributed by atoms with van der Waals surface area (Å²) in [6.45, 7) is 7.08. The molecular formula is C16H28N4O. The van der Waals surface area contributed by atoms with Crippen molar-refractivity contribution in [1.29, 1.82) is 0 Å². The molecule has 1 saturated heterocycles. The van der Waals surface area contributed by atoms with Crippen molar-refractivity contribution in [3.05, 3.63) is 18.2 Å². The smallest absolute Gasteiger partial charge is 0.144 e. The van der Waals surface area contributed by atoms with Crippen molar-refractivity contribution in [2.24, 2.45) is 0 Å². The van der Waals surface area contributed by atoms with Gasteiger partial charge in [0.15, 0.2) is 0 Å². The summed E-state index contributed by atoms with van der Waals surface area (Å²) in [5.41, 5.74) is 7.71. The monoisotopic (exact) mass is 292 g/mol. The summed E-state index contributed by atoms with van der Waals surface area (Å²) in [7, 11) is 4.37. The maximum atomic E-state index is 5.94. The van der Waals surface area contributed by atoms with Crippen LogP contribution in [0, 0.1) is 0 Å². The molecule has 1 unspecified atom stereocenters. The Bertz CT molecular complexity index is 452. The van der Waals surface area contributed by atoms with Crippen LogP contribution in [0.5, 0.6) is 5.75 Å². The molecule has 118 valence electrons. The van der Waals surface area contributed by atoms with Crippen molar-refractivity contribution < 1.29 is 4.74 Å². The van der Waals surface area contributed by atoms with Crippen LogP contribution < -0.4 is 15.8 Å². The number of rotatable bonds is 6. The quantitative estimate of drug-likeness (QED) is 0.782. The highest BCUT2D eigenvalue weighted by Gasteiger charge is 2.21. The van der Waals surface area contributed by atoms with E-state index in [1.807, 2.05) is 18.2 Å². The molecule has 0 aromatic heterocycles. The van der Waals surface area contributed by atoms with Crippen molar-refractivity contribution in [1.82, 2.24) is 9.80 Å². The summed E-state index contributed by atoms with van der Waals surface area (Å²) in [6, 6.07) is 6.45. The second-order valence-corrected chi connectivity index (χ2v) is 5.88. The van der Waals surface area contributed by atoms with Crippen LogP contribution in [0.4, 0.5) is 11.4 Å². The first-order chi connectivity index (χ1) is 10.1. The van der Waals surface area contributed by atoms with E-state index in [1.165, 1.54) is 0 Å². The van der Waals surface area contributed by atoms with Gasteiger partial charge >= 0.3 is 0 Å². The molecule has 1 aromatic carbocycles. The van der Waals surface area contributed by atoms with Gasteiger partial charge in [0.25, 0.3) is 0 Å². The van der Waals surface area contributed by atoms with E-state index in [0.29, 0.717) is 18.3 Å². The zero-order valence-electron chi connectivity index (χ0n) is 13.4. The molecule has 5 heteroatoms. The molecule has 1 heterocycles. The Balaban J connectivity index is 1.93. The Kier molecular flexibility index (Phi) is 5.70. The zero-order valence-corrected chi connectivity index (χ0v) is 13.4. The molecule has 0 bridgehead atoms. The summed E-state index contributed by atoms with van der Waals surface area (Å²) < 4.78 is 5.67. The fourth-order valence-electron chi connectivity index (χ4n) is 2.54. The third-order valence-electron chi connectivity index (χ3n) is 4.00. The van der Waals surface area contributed by atoms with Gasteiger partial charge in [0.1, 0.15) is 5.75 Å². The normalized spacial score (nSPS) is 20.4. The fraction of sp³-hybridized carbons (Fsp3) is 0.625. The number of nitrogens with zero attached hydrogens (tertiary/aromatic N) is 2. The standard InChI is InChI=1S/C16H28N4O/c1-4-9-21-16-10-13(5-6-15(16)17)18-11-14-12-19(2)7-8-20(14)3/h5-6,10,14,18H,4,7-9,11-12,17H2,1-3H3. The molecule has 3 N–H and O–H groups in total. The average Bonchev–Trinajstić information content (AvgIpc) is 2.48. The number of hydrogen-bond acceptors (Lipinski definition) is 5. The van der Waals surface area contributed by atoms with Crippen molar-refractivity contribution in [2.45, 2.75) is 19.4 Å². The number of piperazine rings is 1. The van der Waals surface area contributed by atoms with Crippen LogP contribution in [0.1, 0.15) is 13.3 Å². The summed E-state index contributed by atoms with van der Waals surface area (Å²) >= 11 is 0. The van der Waals surface area contributed by atoms with Gasteiger partial charge in [-0.1, -0.05) is 6.92 Å². The van der Waals surface area contributed by atoms with E-state index in [2.05, 4.69) is 36.1 Å². The number of anilines is 2. The maximum absolute atomic E-state index is 5.94. The van der Waals surface area contributed by atoms with Crippen LogP contribution in [-0.2, 0) is 0 Å². The minimum absolute atomic E-state index is 0.529. The van der Waals surface area contributed by atoms with E-state index >= 15 is 0 Å². The lowest BCUT2D eigenvalue weighted by molar-refractivity contribution is 0.122. The van der Waals surface area contributed by atoms with E-state index in [9.17, 15) is 0 Å². The Labute approximate surface area is 128 Å². The van der Waals surface area contributed by atoms with E-state index in [-0.39, 0.29) is 0 Å². The first-order valence-electron chi connectivity index (χ1n) is 7.75. The second kappa shape index (κ2) is 7.52. The van der Waals surface area contributed by atoms with Crippen molar-refractivity contribution in [3.63, 3.8) is 0 Å². The van der Waals surface area contributed by atoms with Gasteiger partial charge in [-0.3, -0.25) is 4.90 Å². The van der Waals surface area contributed by atoms with Crippen LogP contribution in [0.3, 0.4) is 0 Å². The highest BCUT2D eigenvalue weighted by Crippen LogP contribution is 2.25. The van der Waals surface area contributed by atoms with E-state index in [0.717, 1.165) is 44.0 Å². The van der Waals surface area contributed by atoms with Crippen molar-refractivity contribution in [2.75, 3.05) is 57.9 Å². The van der Waals surface area contributed by atoms with Crippen LogP contribution in [-0.4, -0.2) is 62.7 Å². The van der Waals surface area contributed by atoms with E-state index in [4.69, 9.17) is 10.5 Å². The Hall–Kier alpha value is -1.46. The average molecular weight is 292 g/mol.